The highest BCUT2D eigenvalue weighted by atomic mass is 16.6. The standard InChI is InChI=1S/C15H17N5O3/c16-14-5-4-11(20(22)23)9-13(14)15(21)18-7-1-3-12(10-18)19-8-2-6-17-19/h2,4-6,8-9,12H,1,3,7,10,16H2/t12-/m0/s1. The third-order valence-electron chi connectivity index (χ3n) is 4.06. The van der Waals surface area contributed by atoms with E-state index in [-0.39, 0.29) is 28.9 Å². The first-order valence-corrected chi connectivity index (χ1v) is 7.38. The van der Waals surface area contributed by atoms with E-state index < -0.39 is 4.92 Å². The number of carbonyl (C=O) groups excluding carboxylic acids is 1. The molecule has 2 N–H and O–H groups in total. The number of nitrogens with zero attached hydrogens (tertiary/aromatic N) is 4. The molecular formula is C15H17N5O3. The summed E-state index contributed by atoms with van der Waals surface area (Å²) >= 11 is 0. The number of amides is 1. The SMILES string of the molecule is Nc1ccc([N+](=O)[O-])cc1C(=O)N1CCC[C@H](n2cccn2)C1. The fourth-order valence-electron chi connectivity index (χ4n) is 2.87. The summed E-state index contributed by atoms with van der Waals surface area (Å²) < 4.78 is 1.84. The molecule has 1 saturated heterocycles. The van der Waals surface area contributed by atoms with E-state index in [4.69, 9.17) is 5.73 Å². The van der Waals surface area contributed by atoms with E-state index in [0.29, 0.717) is 13.1 Å². The highest BCUT2D eigenvalue weighted by Crippen LogP contribution is 2.25. The third kappa shape index (κ3) is 3.01. The van der Waals surface area contributed by atoms with Gasteiger partial charge >= 0.3 is 0 Å². The molecule has 0 spiro atoms. The molecule has 1 aliphatic heterocycles. The van der Waals surface area contributed by atoms with Gasteiger partial charge in [0.25, 0.3) is 11.6 Å². The molecule has 0 saturated carbocycles. The monoisotopic (exact) mass is 315 g/mol. The minimum Gasteiger partial charge on any atom is -0.398 e. The quantitative estimate of drug-likeness (QED) is 0.528. The first-order chi connectivity index (χ1) is 11.1. The molecule has 23 heavy (non-hydrogen) atoms. The van der Waals surface area contributed by atoms with Crippen LogP contribution in [0.25, 0.3) is 0 Å². The number of hydrogen-bond acceptors (Lipinski definition) is 5. The number of carbonyl (C=O) groups is 1. The predicted octanol–water partition coefficient (Wildman–Crippen LogP) is 1.85. The summed E-state index contributed by atoms with van der Waals surface area (Å²) in [6.07, 6.45) is 5.38. The van der Waals surface area contributed by atoms with Crippen LogP contribution < -0.4 is 5.73 Å². The maximum atomic E-state index is 12.7. The van der Waals surface area contributed by atoms with Gasteiger partial charge in [0.1, 0.15) is 0 Å². The lowest BCUT2D eigenvalue weighted by Gasteiger charge is -2.33. The van der Waals surface area contributed by atoms with Crippen molar-refractivity contribution in [1.82, 2.24) is 14.7 Å². The topological polar surface area (TPSA) is 107 Å². The second-order valence-electron chi connectivity index (χ2n) is 5.56. The molecule has 8 heteroatoms. The molecule has 1 fully saturated rings. The van der Waals surface area contributed by atoms with Crippen LogP contribution >= 0.6 is 0 Å². The van der Waals surface area contributed by atoms with Gasteiger partial charge in [0.2, 0.25) is 0 Å². The second-order valence-corrected chi connectivity index (χ2v) is 5.56. The van der Waals surface area contributed by atoms with E-state index in [1.165, 1.54) is 18.2 Å². The van der Waals surface area contributed by atoms with Gasteiger partial charge in [-0.1, -0.05) is 0 Å². The van der Waals surface area contributed by atoms with E-state index >= 15 is 0 Å². The molecule has 0 unspecified atom stereocenters. The van der Waals surface area contributed by atoms with Crippen LogP contribution in [-0.4, -0.2) is 38.6 Å². The van der Waals surface area contributed by atoms with E-state index in [9.17, 15) is 14.9 Å². The Morgan fingerprint density at radius 1 is 1.43 bits per heavy atom. The Morgan fingerprint density at radius 2 is 2.26 bits per heavy atom. The van der Waals surface area contributed by atoms with Crippen LogP contribution in [0.5, 0.6) is 0 Å². The molecule has 1 aromatic carbocycles. The van der Waals surface area contributed by atoms with Crippen LogP contribution in [0.15, 0.2) is 36.7 Å². The predicted molar refractivity (Wildman–Crippen MR) is 83.9 cm³/mol. The van der Waals surface area contributed by atoms with Gasteiger partial charge in [-0.2, -0.15) is 5.10 Å². The van der Waals surface area contributed by atoms with Crippen molar-refractivity contribution in [2.45, 2.75) is 18.9 Å². The van der Waals surface area contributed by atoms with Crippen LogP contribution in [0.2, 0.25) is 0 Å². The number of likely N-dealkylation sites (tertiary alicyclic amines) is 1. The summed E-state index contributed by atoms with van der Waals surface area (Å²) in [5.74, 6) is -0.275. The van der Waals surface area contributed by atoms with Gasteiger partial charge < -0.3 is 10.6 Å². The molecule has 8 nitrogen and oxygen atoms in total. The normalized spacial score (nSPS) is 17.9. The van der Waals surface area contributed by atoms with E-state index in [0.717, 1.165) is 12.8 Å². The lowest BCUT2D eigenvalue weighted by atomic mass is 10.0. The first-order valence-electron chi connectivity index (χ1n) is 7.38. The van der Waals surface area contributed by atoms with E-state index in [1.54, 1.807) is 11.1 Å². The van der Waals surface area contributed by atoms with Gasteiger partial charge in [-0.25, -0.2) is 0 Å². The van der Waals surface area contributed by atoms with Crippen LogP contribution in [0.3, 0.4) is 0 Å². The van der Waals surface area contributed by atoms with Gasteiger partial charge in [0.15, 0.2) is 0 Å². The fourth-order valence-corrected chi connectivity index (χ4v) is 2.87. The van der Waals surface area contributed by atoms with Crippen molar-refractivity contribution in [3.63, 3.8) is 0 Å². The largest absolute Gasteiger partial charge is 0.398 e. The molecule has 2 aromatic rings. The maximum Gasteiger partial charge on any atom is 0.270 e. The van der Waals surface area contributed by atoms with Crippen LogP contribution in [0, 0.1) is 10.1 Å². The molecule has 120 valence electrons. The van der Waals surface area contributed by atoms with E-state index in [1.807, 2.05) is 16.9 Å². The lowest BCUT2D eigenvalue weighted by Crippen LogP contribution is -2.41. The molecule has 0 bridgehead atoms. The van der Waals surface area contributed by atoms with Gasteiger partial charge in [0.05, 0.1) is 16.5 Å². The van der Waals surface area contributed by atoms with Crippen molar-refractivity contribution in [1.29, 1.82) is 0 Å². The highest BCUT2D eigenvalue weighted by molar-refractivity contribution is 5.99. The smallest absolute Gasteiger partial charge is 0.270 e. The van der Waals surface area contributed by atoms with Crippen LogP contribution in [-0.2, 0) is 0 Å². The number of nitro benzene ring substituents is 1. The Hall–Kier alpha value is -2.90. The summed E-state index contributed by atoms with van der Waals surface area (Å²) in [4.78, 5) is 24.8. The number of anilines is 1. The Bertz CT molecular complexity index is 729. The first kappa shape index (κ1) is 15.0. The Kier molecular flexibility index (Phi) is 3.96. The molecule has 1 amide bonds. The summed E-state index contributed by atoms with van der Waals surface area (Å²) in [6, 6.07) is 5.91. The number of nitro groups is 1. The average molecular weight is 315 g/mol. The van der Waals surface area contributed by atoms with Crippen molar-refractivity contribution >= 4 is 17.3 Å². The molecule has 1 atom stereocenters. The van der Waals surface area contributed by atoms with E-state index in [2.05, 4.69) is 5.10 Å². The number of piperidine rings is 1. The second kappa shape index (κ2) is 6.07. The third-order valence-corrected chi connectivity index (χ3v) is 4.06. The number of nitrogen functional groups attached to an aromatic ring is 1. The lowest BCUT2D eigenvalue weighted by molar-refractivity contribution is -0.384. The molecule has 2 heterocycles. The van der Waals surface area contributed by atoms with Crippen molar-refractivity contribution < 1.29 is 9.72 Å². The molecule has 0 aliphatic carbocycles. The number of rotatable bonds is 3. The summed E-state index contributed by atoms with van der Waals surface area (Å²) in [7, 11) is 0. The number of benzene rings is 1. The Labute approximate surface area is 132 Å². The van der Waals surface area contributed by atoms with Crippen LogP contribution in [0.4, 0.5) is 11.4 Å². The van der Waals surface area contributed by atoms with Gasteiger partial charge in [-0.05, 0) is 25.0 Å². The van der Waals surface area contributed by atoms with Crippen molar-refractivity contribution in [2.75, 3.05) is 18.8 Å². The summed E-state index contributed by atoms with van der Waals surface area (Å²) in [5.41, 5.74) is 6.14. The number of hydrogen-bond donors (Lipinski definition) is 1. The van der Waals surface area contributed by atoms with Crippen molar-refractivity contribution in [3.05, 3.63) is 52.3 Å². The summed E-state index contributed by atoms with van der Waals surface area (Å²) in [6.45, 7) is 1.13. The molecular weight excluding hydrogens is 298 g/mol. The number of nitrogens with two attached hydrogens (primary N) is 1. The molecule has 3 rings (SSSR count). The zero-order valence-corrected chi connectivity index (χ0v) is 12.5. The fraction of sp³-hybridized carbons (Fsp3) is 0.333. The zero-order chi connectivity index (χ0) is 16.4. The van der Waals surface area contributed by atoms with Gasteiger partial charge in [0, 0.05) is 43.3 Å². The minimum absolute atomic E-state index is 0.114. The van der Waals surface area contributed by atoms with Crippen molar-refractivity contribution in [2.24, 2.45) is 0 Å². The number of aromatic nitrogens is 2. The summed E-state index contributed by atoms with van der Waals surface area (Å²) in [5, 5.41) is 15.1. The Morgan fingerprint density at radius 3 is 2.96 bits per heavy atom. The maximum absolute atomic E-state index is 12.7. The molecule has 1 aliphatic rings. The zero-order valence-electron chi connectivity index (χ0n) is 12.5. The van der Waals surface area contributed by atoms with Crippen molar-refractivity contribution in [3.8, 4) is 0 Å². The Balaban J connectivity index is 1.82. The number of non-ortho nitro benzene ring substituents is 1. The highest BCUT2D eigenvalue weighted by Gasteiger charge is 2.27. The molecule has 0 radical (unpaired) electrons. The van der Waals surface area contributed by atoms with Gasteiger partial charge in [-0.15, -0.1) is 0 Å². The van der Waals surface area contributed by atoms with Gasteiger partial charge in [-0.3, -0.25) is 19.6 Å². The average Bonchev–Trinajstić information content (AvgIpc) is 3.09. The van der Waals surface area contributed by atoms with Crippen LogP contribution in [0.1, 0.15) is 29.2 Å². The minimum atomic E-state index is -0.529. The molecule has 1 aromatic heterocycles.